The average molecular weight is 412 g/mol. The van der Waals surface area contributed by atoms with Crippen LogP contribution in [0.15, 0.2) is 59.2 Å². The van der Waals surface area contributed by atoms with Crippen molar-refractivity contribution in [1.29, 1.82) is 0 Å². The van der Waals surface area contributed by atoms with Crippen molar-refractivity contribution >= 4 is 27.7 Å². The first-order valence-electron chi connectivity index (χ1n) is 8.15. The number of carbonyl (C=O) groups is 2. The Morgan fingerprint density at radius 1 is 1.00 bits per heavy atom. The molecule has 132 valence electrons. The molecule has 2 aromatic carbocycles. The highest BCUT2D eigenvalue weighted by Gasteiger charge is 2.27. The first-order chi connectivity index (χ1) is 12.5. The summed E-state index contributed by atoms with van der Waals surface area (Å²) in [6.45, 7) is 1.74. The van der Waals surface area contributed by atoms with Gasteiger partial charge in [0.25, 0.3) is 0 Å². The van der Waals surface area contributed by atoms with E-state index in [4.69, 9.17) is 4.74 Å². The van der Waals surface area contributed by atoms with E-state index in [2.05, 4.69) is 20.9 Å². The van der Waals surface area contributed by atoms with Crippen LogP contribution in [0.1, 0.15) is 43.1 Å². The highest BCUT2D eigenvalue weighted by molar-refractivity contribution is 9.10. The van der Waals surface area contributed by atoms with E-state index >= 15 is 0 Å². The summed E-state index contributed by atoms with van der Waals surface area (Å²) in [6, 6.07) is 17.4. The third-order valence-electron chi connectivity index (χ3n) is 4.26. The number of halogens is 1. The molecule has 0 amide bonds. The summed E-state index contributed by atoms with van der Waals surface area (Å²) in [5.41, 5.74) is 3.75. The number of aromatic nitrogens is 1. The van der Waals surface area contributed by atoms with Gasteiger partial charge in [0, 0.05) is 11.3 Å². The Morgan fingerprint density at radius 3 is 2.35 bits per heavy atom. The number of ketones is 1. The molecular formula is C21H18BrNO3. The molecular weight excluding hydrogens is 394 g/mol. The molecule has 0 bridgehead atoms. The summed E-state index contributed by atoms with van der Waals surface area (Å²) >= 11 is 3.37. The Morgan fingerprint density at radius 2 is 1.65 bits per heavy atom. The van der Waals surface area contributed by atoms with E-state index in [-0.39, 0.29) is 11.3 Å². The number of benzene rings is 2. The van der Waals surface area contributed by atoms with Gasteiger partial charge in [0.05, 0.1) is 22.8 Å². The number of hydrogen-bond acceptors (Lipinski definition) is 3. The predicted molar refractivity (Wildman–Crippen MR) is 104 cm³/mol. The van der Waals surface area contributed by atoms with Crippen molar-refractivity contribution < 1.29 is 14.3 Å². The van der Waals surface area contributed by atoms with E-state index in [1.54, 1.807) is 13.0 Å². The third kappa shape index (κ3) is 3.48. The number of rotatable bonds is 5. The van der Waals surface area contributed by atoms with E-state index in [0.29, 0.717) is 27.8 Å². The number of hydrogen-bond donors (Lipinski definition) is 1. The molecule has 4 nitrogen and oxygen atoms in total. The van der Waals surface area contributed by atoms with E-state index in [1.165, 1.54) is 7.11 Å². The molecule has 0 atom stereocenters. The van der Waals surface area contributed by atoms with Crippen molar-refractivity contribution in [2.24, 2.45) is 0 Å². The van der Waals surface area contributed by atoms with Crippen molar-refractivity contribution in [3.63, 3.8) is 0 Å². The molecule has 1 heterocycles. The van der Waals surface area contributed by atoms with Gasteiger partial charge in [-0.1, -0.05) is 54.6 Å². The van der Waals surface area contributed by atoms with Gasteiger partial charge in [0.15, 0.2) is 5.78 Å². The number of esters is 1. The Kier molecular flexibility index (Phi) is 5.38. The molecule has 26 heavy (non-hydrogen) atoms. The summed E-state index contributed by atoms with van der Waals surface area (Å²) in [5.74, 6) is -0.749. The minimum absolute atomic E-state index is 0.215. The zero-order valence-corrected chi connectivity index (χ0v) is 16.1. The van der Waals surface area contributed by atoms with Crippen LogP contribution in [0.5, 0.6) is 0 Å². The fraction of sp³-hybridized carbons (Fsp3) is 0.143. The van der Waals surface area contributed by atoms with Crippen LogP contribution in [0.3, 0.4) is 0 Å². The first kappa shape index (κ1) is 18.1. The number of ether oxygens (including phenoxy) is 1. The van der Waals surface area contributed by atoms with Crippen molar-refractivity contribution in [3.05, 3.63) is 92.7 Å². The Hall–Kier alpha value is -2.66. The highest BCUT2D eigenvalue weighted by Crippen LogP contribution is 2.28. The van der Waals surface area contributed by atoms with Crippen LogP contribution in [0.4, 0.5) is 0 Å². The van der Waals surface area contributed by atoms with E-state index < -0.39 is 5.97 Å². The van der Waals surface area contributed by atoms with Crippen LogP contribution >= 0.6 is 15.9 Å². The topological polar surface area (TPSA) is 59.2 Å². The molecule has 0 aliphatic carbocycles. The molecule has 0 spiro atoms. The van der Waals surface area contributed by atoms with Crippen LogP contribution in [0, 0.1) is 6.92 Å². The van der Waals surface area contributed by atoms with Crippen LogP contribution in [-0.4, -0.2) is 23.8 Å². The Labute approximate surface area is 160 Å². The minimum Gasteiger partial charge on any atom is -0.465 e. The number of carbonyl (C=O) groups excluding carboxylic acids is 2. The van der Waals surface area contributed by atoms with Gasteiger partial charge in [-0.2, -0.15) is 0 Å². The third-order valence-corrected chi connectivity index (χ3v) is 4.85. The molecule has 0 saturated heterocycles. The molecule has 0 unspecified atom stereocenters. The van der Waals surface area contributed by atoms with Crippen molar-refractivity contribution in [2.75, 3.05) is 7.11 Å². The highest BCUT2D eigenvalue weighted by atomic mass is 79.9. The van der Waals surface area contributed by atoms with Crippen LogP contribution in [0.2, 0.25) is 0 Å². The average Bonchev–Trinajstić information content (AvgIpc) is 2.95. The van der Waals surface area contributed by atoms with Gasteiger partial charge in [0.2, 0.25) is 0 Å². The van der Waals surface area contributed by atoms with Gasteiger partial charge in [-0.05, 0) is 40.4 Å². The largest absolute Gasteiger partial charge is 0.465 e. The quantitative estimate of drug-likeness (QED) is 0.489. The fourth-order valence-corrected chi connectivity index (χ4v) is 3.68. The lowest BCUT2D eigenvalue weighted by molar-refractivity contribution is 0.0597. The summed E-state index contributed by atoms with van der Waals surface area (Å²) in [5, 5.41) is 0. The monoisotopic (exact) mass is 411 g/mol. The zero-order valence-electron chi connectivity index (χ0n) is 14.5. The summed E-state index contributed by atoms with van der Waals surface area (Å²) in [4.78, 5) is 28.4. The fourth-order valence-electron chi connectivity index (χ4n) is 3.00. The van der Waals surface area contributed by atoms with E-state index in [9.17, 15) is 9.59 Å². The SMILES string of the molecule is COC(=O)c1c(C)[nH]c(Br)c1C(=O)c1ccccc1Cc1ccccc1. The second-order valence-electron chi connectivity index (χ2n) is 5.95. The molecule has 0 aliphatic rings. The Balaban J connectivity index is 2.06. The molecule has 0 radical (unpaired) electrons. The maximum Gasteiger partial charge on any atom is 0.340 e. The molecule has 5 heteroatoms. The van der Waals surface area contributed by atoms with E-state index in [1.807, 2.05) is 48.5 Å². The number of nitrogens with one attached hydrogen (secondary N) is 1. The predicted octanol–water partition coefficient (Wildman–Crippen LogP) is 4.69. The molecule has 1 aromatic heterocycles. The van der Waals surface area contributed by atoms with Crippen LogP contribution in [-0.2, 0) is 11.2 Å². The van der Waals surface area contributed by atoms with Gasteiger partial charge < -0.3 is 9.72 Å². The lowest BCUT2D eigenvalue weighted by Crippen LogP contribution is -2.12. The molecule has 0 aliphatic heterocycles. The lowest BCUT2D eigenvalue weighted by Gasteiger charge is -2.10. The van der Waals surface area contributed by atoms with E-state index in [0.717, 1.165) is 11.1 Å². The maximum absolute atomic E-state index is 13.3. The normalized spacial score (nSPS) is 10.6. The molecule has 0 fully saturated rings. The van der Waals surface area contributed by atoms with Crippen LogP contribution < -0.4 is 0 Å². The van der Waals surface area contributed by atoms with Crippen molar-refractivity contribution in [2.45, 2.75) is 13.3 Å². The maximum atomic E-state index is 13.3. The van der Waals surface area contributed by atoms with Gasteiger partial charge in [0.1, 0.15) is 0 Å². The van der Waals surface area contributed by atoms with Crippen molar-refractivity contribution in [3.8, 4) is 0 Å². The summed E-state index contributed by atoms with van der Waals surface area (Å²) in [7, 11) is 1.31. The molecule has 3 rings (SSSR count). The minimum atomic E-state index is -0.534. The summed E-state index contributed by atoms with van der Waals surface area (Å²) in [6.07, 6.45) is 0.636. The molecule has 3 aromatic rings. The summed E-state index contributed by atoms with van der Waals surface area (Å²) < 4.78 is 5.33. The lowest BCUT2D eigenvalue weighted by atomic mass is 9.93. The van der Waals surface area contributed by atoms with Crippen molar-refractivity contribution in [1.82, 2.24) is 4.98 Å². The van der Waals surface area contributed by atoms with Gasteiger partial charge in [-0.25, -0.2) is 4.79 Å². The Bertz CT molecular complexity index is 961. The van der Waals surface area contributed by atoms with Crippen LogP contribution in [0.25, 0.3) is 0 Å². The second-order valence-corrected chi connectivity index (χ2v) is 6.75. The standard InChI is InChI=1S/C21H18BrNO3/c1-13-17(21(25)26-2)18(20(22)23-13)19(24)16-11-7-6-10-15(16)12-14-8-4-3-5-9-14/h3-11,23H,12H2,1-2H3. The second kappa shape index (κ2) is 7.70. The van der Waals surface area contributed by atoms with Gasteiger partial charge in [-0.3, -0.25) is 4.79 Å². The molecule has 1 N–H and O–H groups in total. The molecule has 0 saturated carbocycles. The number of methoxy groups -OCH3 is 1. The van der Waals surface area contributed by atoms with Gasteiger partial charge in [-0.15, -0.1) is 0 Å². The first-order valence-corrected chi connectivity index (χ1v) is 8.95. The number of H-pyrrole nitrogens is 1. The zero-order chi connectivity index (χ0) is 18.7. The number of aryl methyl sites for hydroxylation is 1. The smallest absolute Gasteiger partial charge is 0.340 e. The van der Waals surface area contributed by atoms with Gasteiger partial charge >= 0.3 is 5.97 Å². The number of aromatic amines is 1.